The van der Waals surface area contributed by atoms with Gasteiger partial charge in [0, 0.05) is 30.7 Å². The molecule has 2 aromatic carbocycles. The van der Waals surface area contributed by atoms with E-state index in [0.29, 0.717) is 35.0 Å². The van der Waals surface area contributed by atoms with Crippen molar-refractivity contribution in [1.82, 2.24) is 25.3 Å². The monoisotopic (exact) mass is 535 g/mol. The first-order valence-electron chi connectivity index (χ1n) is 10.8. The number of aromatic nitrogens is 4. The molecule has 0 saturated carbocycles. The molecule has 2 heterocycles. The molecule has 4 aromatic rings. The van der Waals surface area contributed by atoms with Crippen LogP contribution in [0.4, 0.5) is 26.3 Å². The molecule has 7 nitrogen and oxygen atoms in total. The second kappa shape index (κ2) is 11.8. The zero-order chi connectivity index (χ0) is 27.9. The number of halogens is 6. The Balaban J connectivity index is 0.000000216. The molecule has 2 aromatic heterocycles. The first kappa shape index (κ1) is 28.2. The SMILES string of the molecule is CNCc1cc(C(F)(F)F)cc(C(F)(F)F)c1.O=C(O)c1cnc(-c2ncccn2)nc1-c1ccccc1. The van der Waals surface area contributed by atoms with E-state index in [1.165, 1.54) is 13.2 Å². The van der Waals surface area contributed by atoms with Gasteiger partial charge in [0.15, 0.2) is 11.6 Å². The van der Waals surface area contributed by atoms with Crippen LogP contribution in [0.1, 0.15) is 27.0 Å². The molecule has 0 aliphatic rings. The lowest BCUT2D eigenvalue weighted by Crippen LogP contribution is -2.14. The molecule has 0 unspecified atom stereocenters. The van der Waals surface area contributed by atoms with Crippen LogP contribution in [0.5, 0.6) is 0 Å². The Kier molecular flexibility index (Phi) is 8.73. The summed E-state index contributed by atoms with van der Waals surface area (Å²) < 4.78 is 74.3. The number of benzene rings is 2. The fourth-order valence-electron chi connectivity index (χ4n) is 3.20. The van der Waals surface area contributed by atoms with Gasteiger partial charge < -0.3 is 10.4 Å². The van der Waals surface area contributed by atoms with E-state index in [9.17, 15) is 36.2 Å². The number of hydrogen-bond donors (Lipinski definition) is 2. The predicted octanol–water partition coefficient (Wildman–Crippen LogP) is 5.74. The minimum absolute atomic E-state index is 0.0425. The predicted molar refractivity (Wildman–Crippen MR) is 125 cm³/mol. The summed E-state index contributed by atoms with van der Waals surface area (Å²) in [5.41, 5.74) is -1.55. The van der Waals surface area contributed by atoms with E-state index in [2.05, 4.69) is 25.3 Å². The van der Waals surface area contributed by atoms with Gasteiger partial charge in [0.2, 0.25) is 0 Å². The largest absolute Gasteiger partial charge is 0.478 e. The Morgan fingerprint density at radius 3 is 1.92 bits per heavy atom. The molecule has 0 saturated heterocycles. The standard InChI is InChI=1S/C15H10N4O2.C10H9F6N/c20-15(21)11-9-18-14(13-16-7-4-8-17-13)19-12(11)10-5-2-1-3-6-10;1-17-5-6-2-7(9(11,12)13)4-8(3-6)10(14,15)16/h1-9H,(H,20,21);2-4,17H,5H2,1H3. The summed E-state index contributed by atoms with van der Waals surface area (Å²) in [6.07, 6.45) is -5.13. The fraction of sp³-hybridized carbons (Fsp3) is 0.160. The van der Waals surface area contributed by atoms with Gasteiger partial charge in [-0.3, -0.25) is 0 Å². The van der Waals surface area contributed by atoms with Crippen LogP contribution >= 0.6 is 0 Å². The van der Waals surface area contributed by atoms with E-state index in [4.69, 9.17) is 0 Å². The number of carbonyl (C=O) groups is 1. The Labute approximate surface area is 212 Å². The number of carboxylic acids is 1. The number of nitrogens with zero attached hydrogens (tertiary/aromatic N) is 4. The molecule has 0 bridgehead atoms. The van der Waals surface area contributed by atoms with Crippen molar-refractivity contribution in [3.05, 3.63) is 95.4 Å². The van der Waals surface area contributed by atoms with Gasteiger partial charge >= 0.3 is 18.3 Å². The minimum atomic E-state index is -4.79. The zero-order valence-electron chi connectivity index (χ0n) is 19.5. The van der Waals surface area contributed by atoms with Gasteiger partial charge in [0.1, 0.15) is 5.56 Å². The van der Waals surface area contributed by atoms with Crippen molar-refractivity contribution in [2.45, 2.75) is 18.9 Å². The summed E-state index contributed by atoms with van der Waals surface area (Å²) >= 11 is 0. The summed E-state index contributed by atoms with van der Waals surface area (Å²) in [6, 6.07) is 12.3. The first-order valence-corrected chi connectivity index (χ1v) is 10.8. The third-order valence-electron chi connectivity index (χ3n) is 4.86. The summed E-state index contributed by atoms with van der Waals surface area (Å²) in [4.78, 5) is 27.8. The minimum Gasteiger partial charge on any atom is -0.478 e. The lowest BCUT2D eigenvalue weighted by atomic mass is 10.0. The molecule has 0 amide bonds. The van der Waals surface area contributed by atoms with Crippen LogP contribution in [0.15, 0.2) is 73.2 Å². The highest BCUT2D eigenvalue weighted by Crippen LogP contribution is 2.36. The average molecular weight is 535 g/mol. The number of alkyl halides is 6. The van der Waals surface area contributed by atoms with Crippen molar-refractivity contribution < 1.29 is 36.2 Å². The molecule has 0 radical (unpaired) electrons. The molecule has 0 aliphatic carbocycles. The lowest BCUT2D eigenvalue weighted by Gasteiger charge is -2.13. The van der Waals surface area contributed by atoms with Gasteiger partial charge in [-0.05, 0) is 36.9 Å². The molecular weight excluding hydrogens is 516 g/mol. The van der Waals surface area contributed by atoms with Crippen molar-refractivity contribution in [1.29, 1.82) is 0 Å². The number of nitrogens with one attached hydrogen (secondary N) is 1. The van der Waals surface area contributed by atoms with E-state index in [1.54, 1.807) is 30.6 Å². The molecule has 0 fully saturated rings. The van der Waals surface area contributed by atoms with Gasteiger partial charge in [-0.1, -0.05) is 30.3 Å². The summed E-state index contributed by atoms with van der Waals surface area (Å²) in [5.74, 6) is -0.430. The van der Waals surface area contributed by atoms with Gasteiger partial charge in [0.05, 0.1) is 16.8 Å². The maximum atomic E-state index is 12.4. The molecular formula is C25H19F6N5O2. The van der Waals surface area contributed by atoms with Crippen LogP contribution in [0.3, 0.4) is 0 Å². The number of carboxylic acid groups (broad SMARTS) is 1. The first-order chi connectivity index (χ1) is 17.9. The van der Waals surface area contributed by atoms with Crippen LogP contribution in [-0.2, 0) is 18.9 Å². The number of aromatic carboxylic acids is 1. The van der Waals surface area contributed by atoms with Gasteiger partial charge in [-0.15, -0.1) is 0 Å². The fourth-order valence-corrected chi connectivity index (χ4v) is 3.20. The van der Waals surface area contributed by atoms with E-state index in [0.717, 1.165) is 0 Å². The van der Waals surface area contributed by atoms with E-state index in [-0.39, 0.29) is 23.7 Å². The third kappa shape index (κ3) is 7.32. The van der Waals surface area contributed by atoms with Gasteiger partial charge in [-0.25, -0.2) is 24.7 Å². The van der Waals surface area contributed by atoms with E-state index < -0.39 is 29.4 Å². The smallest absolute Gasteiger partial charge is 0.416 e. The highest BCUT2D eigenvalue weighted by Gasteiger charge is 2.36. The average Bonchev–Trinajstić information content (AvgIpc) is 2.89. The number of rotatable bonds is 5. The third-order valence-corrected chi connectivity index (χ3v) is 4.86. The maximum Gasteiger partial charge on any atom is 0.416 e. The molecule has 0 aliphatic heterocycles. The second-order valence-electron chi connectivity index (χ2n) is 7.64. The summed E-state index contributed by atoms with van der Waals surface area (Å²) in [7, 11) is 1.44. The van der Waals surface area contributed by atoms with Crippen molar-refractivity contribution >= 4 is 5.97 Å². The quantitative estimate of drug-likeness (QED) is 0.314. The van der Waals surface area contributed by atoms with Crippen molar-refractivity contribution in [3.63, 3.8) is 0 Å². The van der Waals surface area contributed by atoms with Crippen molar-refractivity contribution in [2.75, 3.05) is 7.05 Å². The summed E-state index contributed by atoms with van der Waals surface area (Å²) in [5, 5.41) is 11.8. The van der Waals surface area contributed by atoms with Crippen LogP contribution in [-0.4, -0.2) is 38.1 Å². The Morgan fingerprint density at radius 1 is 0.842 bits per heavy atom. The Morgan fingerprint density at radius 2 is 1.42 bits per heavy atom. The van der Waals surface area contributed by atoms with Crippen LogP contribution in [0.2, 0.25) is 0 Å². The highest BCUT2D eigenvalue weighted by atomic mass is 19.4. The van der Waals surface area contributed by atoms with E-state index >= 15 is 0 Å². The molecule has 0 atom stereocenters. The number of hydrogen-bond acceptors (Lipinski definition) is 6. The lowest BCUT2D eigenvalue weighted by molar-refractivity contribution is -0.143. The van der Waals surface area contributed by atoms with E-state index in [1.807, 2.05) is 18.2 Å². The maximum absolute atomic E-state index is 12.4. The molecule has 198 valence electrons. The molecule has 4 rings (SSSR count). The molecule has 13 heteroatoms. The van der Waals surface area contributed by atoms with Crippen molar-refractivity contribution in [2.24, 2.45) is 0 Å². The second-order valence-corrected chi connectivity index (χ2v) is 7.64. The Hall–Kier alpha value is -4.39. The van der Waals surface area contributed by atoms with Gasteiger partial charge in [-0.2, -0.15) is 26.3 Å². The van der Waals surface area contributed by atoms with Crippen molar-refractivity contribution in [3.8, 4) is 22.9 Å². The topological polar surface area (TPSA) is 101 Å². The molecule has 2 N–H and O–H groups in total. The normalized spacial score (nSPS) is 11.4. The summed E-state index contributed by atoms with van der Waals surface area (Å²) in [6.45, 7) is -0.0625. The van der Waals surface area contributed by atoms with Gasteiger partial charge in [0.25, 0.3) is 0 Å². The van der Waals surface area contributed by atoms with Crippen LogP contribution in [0.25, 0.3) is 22.9 Å². The molecule has 0 spiro atoms. The zero-order valence-corrected chi connectivity index (χ0v) is 19.5. The van der Waals surface area contributed by atoms with Crippen LogP contribution < -0.4 is 5.32 Å². The Bertz CT molecular complexity index is 1350. The highest BCUT2D eigenvalue weighted by molar-refractivity contribution is 5.94. The van der Waals surface area contributed by atoms with Crippen LogP contribution in [0, 0.1) is 0 Å². The molecule has 38 heavy (non-hydrogen) atoms.